The molecule has 0 spiro atoms. The number of aliphatic hydroxyl groups excluding tert-OH is 2. The SMILES string of the molecule is CCCC1=C([C@H](O)CC/C(C)=C/c2ccc(O)cc2)[C@H](CO)[C@@H]2C(=O)N(C)C(=O)[C@@H]2C1. The average Bonchev–Trinajstić information content (AvgIpc) is 2.97. The Hall–Kier alpha value is -2.44. The molecule has 1 aliphatic carbocycles. The monoisotopic (exact) mass is 427 g/mol. The highest BCUT2D eigenvalue weighted by atomic mass is 16.3. The van der Waals surface area contributed by atoms with E-state index in [0.717, 1.165) is 35.1 Å². The number of aromatic hydroxyl groups is 1. The normalized spacial score (nSPS) is 25.3. The van der Waals surface area contributed by atoms with E-state index in [2.05, 4.69) is 6.92 Å². The lowest BCUT2D eigenvalue weighted by Gasteiger charge is -2.36. The number of rotatable bonds is 8. The van der Waals surface area contributed by atoms with Gasteiger partial charge in [0.2, 0.25) is 11.8 Å². The van der Waals surface area contributed by atoms with Crippen LogP contribution in [0.25, 0.3) is 6.08 Å². The first-order valence-corrected chi connectivity index (χ1v) is 11.1. The Morgan fingerprint density at radius 2 is 1.90 bits per heavy atom. The highest BCUT2D eigenvalue weighted by molar-refractivity contribution is 6.05. The molecule has 2 aliphatic rings. The zero-order chi connectivity index (χ0) is 22.7. The maximum Gasteiger partial charge on any atom is 0.233 e. The number of amides is 2. The van der Waals surface area contributed by atoms with Crippen LogP contribution in [0.5, 0.6) is 5.75 Å². The minimum atomic E-state index is -0.767. The van der Waals surface area contributed by atoms with Crippen LogP contribution in [0, 0.1) is 17.8 Å². The first kappa shape index (κ1) is 23.2. The van der Waals surface area contributed by atoms with E-state index in [1.54, 1.807) is 12.1 Å². The lowest BCUT2D eigenvalue weighted by molar-refractivity contribution is -0.138. The van der Waals surface area contributed by atoms with Crippen molar-refractivity contribution in [3.63, 3.8) is 0 Å². The maximum atomic E-state index is 12.7. The van der Waals surface area contributed by atoms with Crippen LogP contribution < -0.4 is 0 Å². The van der Waals surface area contributed by atoms with Crippen LogP contribution in [0.1, 0.15) is 51.5 Å². The molecule has 3 rings (SSSR count). The number of nitrogens with zero attached hydrogens (tertiary/aromatic N) is 1. The first-order chi connectivity index (χ1) is 14.8. The van der Waals surface area contributed by atoms with Crippen molar-refractivity contribution in [3.05, 3.63) is 46.5 Å². The van der Waals surface area contributed by atoms with Crippen molar-refractivity contribution in [3.8, 4) is 5.75 Å². The molecule has 1 aromatic rings. The van der Waals surface area contributed by atoms with Gasteiger partial charge in [0.05, 0.1) is 24.5 Å². The molecule has 1 aromatic carbocycles. The summed E-state index contributed by atoms with van der Waals surface area (Å²) < 4.78 is 0. The molecular formula is C25H33NO5. The zero-order valence-corrected chi connectivity index (χ0v) is 18.5. The molecule has 0 radical (unpaired) electrons. The molecule has 0 aromatic heterocycles. The summed E-state index contributed by atoms with van der Waals surface area (Å²) in [6.07, 6.45) is 4.49. The van der Waals surface area contributed by atoms with E-state index in [-0.39, 0.29) is 24.2 Å². The number of imide groups is 1. The number of phenols is 1. The molecule has 4 atom stereocenters. The molecule has 1 heterocycles. The largest absolute Gasteiger partial charge is 0.508 e. The highest BCUT2D eigenvalue weighted by Gasteiger charge is 2.53. The van der Waals surface area contributed by atoms with Gasteiger partial charge in [-0.3, -0.25) is 14.5 Å². The number of carbonyl (C=O) groups is 2. The van der Waals surface area contributed by atoms with E-state index in [4.69, 9.17) is 0 Å². The molecule has 3 N–H and O–H groups in total. The van der Waals surface area contributed by atoms with E-state index in [0.29, 0.717) is 19.3 Å². The quantitative estimate of drug-likeness (QED) is 0.437. The number of phenolic OH excluding ortho intramolecular Hbond substituents is 1. The molecular weight excluding hydrogens is 394 g/mol. The average molecular weight is 428 g/mol. The Morgan fingerprint density at radius 3 is 2.52 bits per heavy atom. The molecule has 2 amide bonds. The lowest BCUT2D eigenvalue weighted by Crippen LogP contribution is -2.39. The zero-order valence-electron chi connectivity index (χ0n) is 18.5. The van der Waals surface area contributed by atoms with E-state index >= 15 is 0 Å². The van der Waals surface area contributed by atoms with Crippen molar-refractivity contribution in [2.75, 3.05) is 13.7 Å². The Kier molecular flexibility index (Phi) is 7.34. The van der Waals surface area contributed by atoms with E-state index in [9.17, 15) is 24.9 Å². The van der Waals surface area contributed by atoms with Crippen LogP contribution in [0.2, 0.25) is 0 Å². The lowest BCUT2D eigenvalue weighted by atomic mass is 9.67. The second-order valence-corrected chi connectivity index (χ2v) is 8.81. The van der Waals surface area contributed by atoms with Gasteiger partial charge in [-0.25, -0.2) is 0 Å². The summed E-state index contributed by atoms with van der Waals surface area (Å²) in [6, 6.07) is 6.94. The fourth-order valence-electron chi connectivity index (χ4n) is 5.10. The second-order valence-electron chi connectivity index (χ2n) is 8.81. The van der Waals surface area contributed by atoms with E-state index in [1.807, 2.05) is 25.1 Å². The number of likely N-dealkylation sites (tertiary alicyclic amines) is 1. The number of allylic oxidation sites excluding steroid dienone is 2. The number of carbonyl (C=O) groups excluding carboxylic acids is 2. The summed E-state index contributed by atoms with van der Waals surface area (Å²) in [4.78, 5) is 26.5. The summed E-state index contributed by atoms with van der Waals surface area (Å²) >= 11 is 0. The summed E-state index contributed by atoms with van der Waals surface area (Å²) in [5.74, 6) is -1.74. The third-order valence-electron chi connectivity index (χ3n) is 6.63. The molecule has 1 saturated heterocycles. The van der Waals surface area contributed by atoms with Crippen molar-refractivity contribution >= 4 is 17.9 Å². The van der Waals surface area contributed by atoms with E-state index < -0.39 is 23.9 Å². The van der Waals surface area contributed by atoms with Gasteiger partial charge in [0, 0.05) is 13.0 Å². The Labute approximate surface area is 183 Å². The minimum Gasteiger partial charge on any atom is -0.508 e. The third kappa shape index (κ3) is 4.75. The second kappa shape index (κ2) is 9.79. The molecule has 1 aliphatic heterocycles. The van der Waals surface area contributed by atoms with Gasteiger partial charge in [0.25, 0.3) is 0 Å². The number of hydrogen-bond donors (Lipinski definition) is 3. The molecule has 31 heavy (non-hydrogen) atoms. The van der Waals surface area contributed by atoms with Gasteiger partial charge in [-0.2, -0.15) is 0 Å². The number of fused-ring (bicyclic) bond motifs is 1. The van der Waals surface area contributed by atoms with Crippen LogP contribution in [0.4, 0.5) is 0 Å². The third-order valence-corrected chi connectivity index (χ3v) is 6.63. The van der Waals surface area contributed by atoms with Gasteiger partial charge < -0.3 is 15.3 Å². The Balaban J connectivity index is 1.81. The first-order valence-electron chi connectivity index (χ1n) is 11.1. The molecule has 6 heteroatoms. The summed E-state index contributed by atoms with van der Waals surface area (Å²) in [7, 11) is 1.50. The molecule has 0 unspecified atom stereocenters. The summed E-state index contributed by atoms with van der Waals surface area (Å²) in [6.45, 7) is 3.79. The van der Waals surface area contributed by atoms with Crippen LogP contribution in [0.3, 0.4) is 0 Å². The van der Waals surface area contributed by atoms with Crippen molar-refractivity contribution in [1.82, 2.24) is 4.90 Å². The van der Waals surface area contributed by atoms with Crippen LogP contribution >= 0.6 is 0 Å². The number of benzene rings is 1. The molecule has 0 bridgehead atoms. The topological polar surface area (TPSA) is 98.1 Å². The summed E-state index contributed by atoms with van der Waals surface area (Å²) in [5, 5.41) is 30.7. The van der Waals surface area contributed by atoms with Crippen molar-refractivity contribution in [2.24, 2.45) is 17.8 Å². The van der Waals surface area contributed by atoms with Crippen LogP contribution in [0.15, 0.2) is 41.0 Å². The molecule has 168 valence electrons. The molecule has 0 saturated carbocycles. The predicted octanol–water partition coefficient (Wildman–Crippen LogP) is 3.28. The van der Waals surface area contributed by atoms with Crippen molar-refractivity contribution < 1.29 is 24.9 Å². The number of hydrogen-bond acceptors (Lipinski definition) is 5. The summed E-state index contributed by atoms with van der Waals surface area (Å²) in [5.41, 5.74) is 3.84. The minimum absolute atomic E-state index is 0.178. The van der Waals surface area contributed by atoms with Gasteiger partial charge in [-0.05, 0) is 55.9 Å². The van der Waals surface area contributed by atoms with Gasteiger partial charge in [0.15, 0.2) is 0 Å². The molecule has 1 fully saturated rings. The predicted molar refractivity (Wildman–Crippen MR) is 119 cm³/mol. The Morgan fingerprint density at radius 1 is 1.23 bits per heavy atom. The molecule has 6 nitrogen and oxygen atoms in total. The van der Waals surface area contributed by atoms with Gasteiger partial charge >= 0.3 is 0 Å². The Bertz CT molecular complexity index is 886. The number of aliphatic hydroxyl groups is 2. The van der Waals surface area contributed by atoms with Gasteiger partial charge in [-0.1, -0.05) is 42.7 Å². The van der Waals surface area contributed by atoms with Crippen molar-refractivity contribution in [2.45, 2.75) is 52.1 Å². The van der Waals surface area contributed by atoms with E-state index in [1.165, 1.54) is 11.9 Å². The highest BCUT2D eigenvalue weighted by Crippen LogP contribution is 2.46. The fraction of sp³-hybridized carbons (Fsp3) is 0.520. The standard InChI is InChI=1S/C25H33NO5/c1-4-5-17-13-19-23(25(31)26(3)24(19)30)20(14-27)22(17)21(29)11-6-15(2)12-16-7-9-18(28)10-8-16/h7-10,12,19-21,23,27-29H,4-6,11,13-14H2,1-3H3/b15-12+/t19-,20+,21-,23-/m1/s1. The fourth-order valence-corrected chi connectivity index (χ4v) is 5.10. The van der Waals surface area contributed by atoms with Gasteiger partial charge in [-0.15, -0.1) is 0 Å². The van der Waals surface area contributed by atoms with Gasteiger partial charge in [0.1, 0.15) is 5.75 Å². The smallest absolute Gasteiger partial charge is 0.233 e. The van der Waals surface area contributed by atoms with Crippen molar-refractivity contribution in [1.29, 1.82) is 0 Å². The van der Waals surface area contributed by atoms with Crippen LogP contribution in [-0.2, 0) is 9.59 Å². The van der Waals surface area contributed by atoms with Crippen LogP contribution in [-0.4, -0.2) is 51.8 Å². The maximum absolute atomic E-state index is 12.7.